The average Bonchev–Trinajstić information content (AvgIpc) is 3.63. The number of hydrogen-bond acceptors (Lipinski definition) is 3. The summed E-state index contributed by atoms with van der Waals surface area (Å²) in [6.07, 6.45) is 17.7. The van der Waals surface area contributed by atoms with E-state index in [4.69, 9.17) is 22.3 Å². The third kappa shape index (κ3) is 5.91. The second-order valence-electron chi connectivity index (χ2n) is 12.5. The molecule has 3 nitrogen and oxygen atoms in total. The van der Waals surface area contributed by atoms with Gasteiger partial charge in [-0.05, 0) is 129 Å². The van der Waals surface area contributed by atoms with Crippen molar-refractivity contribution in [3.63, 3.8) is 0 Å². The zero-order valence-corrected chi connectivity index (χ0v) is 31.5. The molecule has 2 aliphatic carbocycles. The molecule has 0 amide bonds. The Labute approximate surface area is 344 Å². The molecule has 0 fully saturated rings. The van der Waals surface area contributed by atoms with Crippen molar-refractivity contribution in [1.29, 1.82) is 0 Å². The molecular formula is C50H46IrNO2-. The van der Waals surface area contributed by atoms with Gasteiger partial charge in [0.15, 0.2) is 11.5 Å². The molecule has 8 rings (SSSR count). The van der Waals surface area contributed by atoms with Crippen molar-refractivity contribution in [2.45, 2.75) is 19.3 Å². The zero-order valence-electron chi connectivity index (χ0n) is 29.1. The van der Waals surface area contributed by atoms with Crippen LogP contribution < -0.4 is 9.47 Å². The van der Waals surface area contributed by atoms with Crippen molar-refractivity contribution in [2.75, 3.05) is 0 Å². The first-order valence-electron chi connectivity index (χ1n) is 16.8. The van der Waals surface area contributed by atoms with Crippen LogP contribution in [-0.4, -0.2) is 4.98 Å². The Morgan fingerprint density at radius 2 is 1.22 bits per heavy atom. The molecule has 1 aromatic heterocycles. The predicted molar refractivity (Wildman–Crippen MR) is 231 cm³/mol. The first kappa shape index (κ1) is 35.3. The molecule has 1 atom stereocenters. The van der Waals surface area contributed by atoms with Gasteiger partial charge < -0.3 is 14.5 Å². The van der Waals surface area contributed by atoms with Crippen LogP contribution in [0, 0.1) is 92.3 Å². The Morgan fingerprint density at radius 1 is 0.593 bits per heavy atom. The summed E-state index contributed by atoms with van der Waals surface area (Å²) in [4.78, 5) is 4.55. The molecule has 1 radical (unpaired) electrons. The third-order valence-electron chi connectivity index (χ3n) is 9.75. The van der Waals surface area contributed by atoms with Gasteiger partial charge in [0.1, 0.15) is 12.2 Å². The van der Waals surface area contributed by atoms with Crippen LogP contribution in [0.25, 0.3) is 44.6 Å². The summed E-state index contributed by atoms with van der Waals surface area (Å²) in [6, 6.07) is 39.5. The Bertz CT molecular complexity index is 2900. The summed E-state index contributed by atoms with van der Waals surface area (Å²) in [5.74, 6) is 20.7. The average molecular weight is 885 g/mol. The molecule has 6 aromatic rings. The van der Waals surface area contributed by atoms with Gasteiger partial charge >= 0.3 is 0 Å². The van der Waals surface area contributed by atoms with E-state index in [0.717, 1.165) is 44.6 Å². The smallest absolute Gasteiger partial charge is 0.184 e. The maximum absolute atomic E-state index is 6.04. The van der Waals surface area contributed by atoms with Crippen molar-refractivity contribution in [3.05, 3.63) is 149 Å². The Morgan fingerprint density at radius 3 is 1.96 bits per heavy atom. The van der Waals surface area contributed by atoms with Gasteiger partial charge in [-0.15, -0.1) is 48.2 Å². The number of fused-ring (bicyclic) bond motifs is 10. The van der Waals surface area contributed by atoms with E-state index in [-0.39, 0.29) is 34.4 Å². The van der Waals surface area contributed by atoms with Gasteiger partial charge in [0.05, 0.1) is 5.41 Å². The van der Waals surface area contributed by atoms with Crippen molar-refractivity contribution in [3.8, 4) is 129 Å². The van der Waals surface area contributed by atoms with Crippen LogP contribution in [0.2, 0.25) is 0 Å². The van der Waals surface area contributed by atoms with Gasteiger partial charge in [0.2, 0.25) is 0 Å². The largest absolute Gasteiger partial charge is 0.403 e. The maximum Gasteiger partial charge on any atom is 0.184 e. The molecule has 54 heavy (non-hydrogen) atoms. The van der Waals surface area contributed by atoms with Crippen LogP contribution in [0.1, 0.15) is 47.6 Å². The Kier molecular flexibility index (Phi) is 9.69. The number of rotatable bonds is 4. The standard InChI is InChI=1S/C50H26NO2.Ir.10H2/c1-5-7-9-15-26-52-48-32-42-40-28-34(3)35(4)29-45(40)50(46(42)33-49(48)53-27-16-10-8-6-2)43-21-12-11-20-39(43)41-31-37(23-24-44(41)50)36-18-17-19-38(30-36)47-22-13-14-25-51-47;;;;;;;;;;;/h1-2,11-14,17-18,20-25,28-33H,3-4H3;;10*1H/q-1;;;;;;;;;;;. The third-order valence-corrected chi connectivity index (χ3v) is 9.75. The molecule has 0 saturated heterocycles. The fourth-order valence-corrected chi connectivity index (χ4v) is 7.45. The fraction of sp³-hybridized carbons (Fsp3) is 0.0600. The summed E-state index contributed by atoms with van der Waals surface area (Å²) in [5.41, 5.74) is 14.8. The first-order valence-corrected chi connectivity index (χ1v) is 16.8. The Hall–Kier alpha value is -7.14. The van der Waals surface area contributed by atoms with Crippen LogP contribution in [0.4, 0.5) is 0 Å². The molecule has 4 heteroatoms. The quantitative estimate of drug-likeness (QED) is 0.130. The molecule has 1 spiro atoms. The van der Waals surface area contributed by atoms with E-state index < -0.39 is 5.41 Å². The molecule has 0 aliphatic heterocycles. The molecule has 1 heterocycles. The van der Waals surface area contributed by atoms with E-state index in [1.54, 1.807) is 6.20 Å². The monoisotopic (exact) mass is 885 g/mol. The number of nitrogens with zero attached hydrogens (tertiary/aromatic N) is 1. The fourth-order valence-electron chi connectivity index (χ4n) is 7.45. The first-order chi connectivity index (χ1) is 26.0. The number of terminal acetylenes is 2. The van der Waals surface area contributed by atoms with Gasteiger partial charge in [-0.2, -0.15) is 0 Å². The van der Waals surface area contributed by atoms with Crippen molar-refractivity contribution < 1.29 is 43.8 Å². The molecule has 273 valence electrons. The van der Waals surface area contributed by atoms with Crippen molar-refractivity contribution >= 4 is 0 Å². The minimum absolute atomic E-state index is 0. The van der Waals surface area contributed by atoms with Gasteiger partial charge in [-0.25, -0.2) is 0 Å². The minimum atomic E-state index is -0.658. The summed E-state index contributed by atoms with van der Waals surface area (Å²) in [6.45, 7) is 4.29. The molecule has 1 unspecified atom stereocenters. The number of aromatic nitrogens is 1. The zero-order chi connectivity index (χ0) is 36.4. The van der Waals surface area contributed by atoms with E-state index in [1.807, 2.05) is 36.4 Å². The SMILES string of the molecule is C#CC#CC#COc1cc2c(cc1OC#CC#CC#C)C1(c3ccccc3-c3cc(-c4cc[c-]c(-c5ccccn5)c4)ccc31)c1cc(C)c(C)cc1-2.[HH].[HH].[HH].[HH].[HH].[HH].[HH].[HH].[HH].[HH].[Ir]. The van der Waals surface area contributed by atoms with Crippen LogP contribution >= 0.6 is 0 Å². The number of ether oxygens (including phenoxy) is 2. The number of aryl methyl sites for hydroxylation is 2. The van der Waals surface area contributed by atoms with E-state index in [0.29, 0.717) is 11.5 Å². The van der Waals surface area contributed by atoms with E-state index in [2.05, 4.69) is 151 Å². The summed E-state index contributed by atoms with van der Waals surface area (Å²) >= 11 is 0. The molecule has 2 aliphatic rings. The summed E-state index contributed by atoms with van der Waals surface area (Å²) in [7, 11) is 0. The summed E-state index contributed by atoms with van der Waals surface area (Å²) in [5, 5.41) is 0. The van der Waals surface area contributed by atoms with Gasteiger partial charge in [0, 0.05) is 64.3 Å². The topological polar surface area (TPSA) is 31.4 Å². The van der Waals surface area contributed by atoms with Crippen molar-refractivity contribution in [2.24, 2.45) is 0 Å². The molecule has 0 N–H and O–H groups in total. The van der Waals surface area contributed by atoms with Crippen LogP contribution in [0.5, 0.6) is 11.5 Å². The van der Waals surface area contributed by atoms with Gasteiger partial charge in [-0.1, -0.05) is 60.7 Å². The second-order valence-corrected chi connectivity index (χ2v) is 12.5. The number of pyridine rings is 1. The molecule has 0 saturated carbocycles. The molecule has 0 bridgehead atoms. The summed E-state index contributed by atoms with van der Waals surface area (Å²) < 4.78 is 12.0. The van der Waals surface area contributed by atoms with Crippen molar-refractivity contribution in [1.82, 2.24) is 4.98 Å². The Balaban J connectivity index is -0.00000164. The van der Waals surface area contributed by atoms with Gasteiger partial charge in [0.25, 0.3) is 0 Å². The van der Waals surface area contributed by atoms with Crippen LogP contribution in [0.15, 0.2) is 109 Å². The van der Waals surface area contributed by atoms with Gasteiger partial charge in [-0.3, -0.25) is 0 Å². The second kappa shape index (κ2) is 14.8. The number of benzene rings is 5. The van der Waals surface area contributed by atoms with E-state index in [9.17, 15) is 0 Å². The molecule has 5 aromatic carbocycles. The number of hydrogen-bond donors (Lipinski definition) is 0. The minimum Gasteiger partial charge on any atom is -0.403 e. The van der Waals surface area contributed by atoms with E-state index in [1.165, 1.54) is 33.4 Å². The maximum atomic E-state index is 6.04. The normalized spacial score (nSPS) is 13.0. The van der Waals surface area contributed by atoms with Crippen LogP contribution in [0.3, 0.4) is 0 Å². The van der Waals surface area contributed by atoms with Crippen LogP contribution in [-0.2, 0) is 25.5 Å². The van der Waals surface area contributed by atoms with E-state index >= 15 is 0 Å². The molecular weight excluding hydrogens is 839 g/mol. The predicted octanol–water partition coefficient (Wildman–Crippen LogP) is 11.6.